The summed E-state index contributed by atoms with van der Waals surface area (Å²) in [6.45, 7) is 1.00. The van der Waals surface area contributed by atoms with Crippen molar-refractivity contribution >= 4 is 51.1 Å². The number of pyridine rings is 1. The van der Waals surface area contributed by atoms with Crippen molar-refractivity contribution in [3.63, 3.8) is 0 Å². The summed E-state index contributed by atoms with van der Waals surface area (Å²) in [5, 5.41) is 6.57. The summed E-state index contributed by atoms with van der Waals surface area (Å²) in [5.41, 5.74) is 0.788. The number of carbonyl (C=O) groups is 1. The first-order valence-corrected chi connectivity index (χ1v) is 14.9. The molecule has 1 saturated heterocycles. The van der Waals surface area contributed by atoms with Gasteiger partial charge in [-0.3, -0.25) is 9.78 Å². The molecule has 2 fully saturated rings. The lowest BCUT2D eigenvalue weighted by molar-refractivity contribution is -0.124. The van der Waals surface area contributed by atoms with E-state index in [0.29, 0.717) is 64.3 Å². The van der Waals surface area contributed by atoms with Crippen LogP contribution in [0.2, 0.25) is 5.02 Å². The van der Waals surface area contributed by atoms with Crippen molar-refractivity contribution < 1.29 is 18.4 Å². The largest absolute Gasteiger partial charge is 0.467 e. The van der Waals surface area contributed by atoms with E-state index in [1.54, 1.807) is 29.3 Å². The van der Waals surface area contributed by atoms with Gasteiger partial charge in [0, 0.05) is 66.4 Å². The highest BCUT2D eigenvalue weighted by Gasteiger charge is 2.31. The van der Waals surface area contributed by atoms with E-state index in [9.17, 15) is 4.79 Å². The number of fused-ring (bicyclic) bond motifs is 2. The minimum Gasteiger partial charge on any atom is -0.467 e. The number of aromatic nitrogens is 5. The van der Waals surface area contributed by atoms with Crippen molar-refractivity contribution in [1.82, 2.24) is 30.0 Å². The third kappa shape index (κ3) is 5.00. The average molecular weight is 614 g/mol. The van der Waals surface area contributed by atoms with Crippen LogP contribution in [-0.2, 0) is 4.79 Å². The molecule has 1 amide bonds. The number of likely N-dealkylation sites (N-methyl/N-ethyl adjacent to an activating group) is 1. The lowest BCUT2D eigenvalue weighted by Crippen LogP contribution is -2.36. The van der Waals surface area contributed by atoms with Gasteiger partial charge in [-0.25, -0.2) is 4.39 Å². The van der Waals surface area contributed by atoms with Gasteiger partial charge in [0.2, 0.25) is 5.91 Å². The van der Waals surface area contributed by atoms with Crippen LogP contribution in [0.25, 0.3) is 39.0 Å². The highest BCUT2D eigenvalue weighted by Crippen LogP contribution is 2.38. The molecule has 4 heterocycles. The first-order chi connectivity index (χ1) is 21.4. The fourth-order valence-electron chi connectivity index (χ4n) is 5.89. The summed E-state index contributed by atoms with van der Waals surface area (Å²) >= 11 is 6.53. The summed E-state index contributed by atoms with van der Waals surface area (Å²) in [6, 6.07) is 11.1. The minimum absolute atomic E-state index is 0.0287. The standard InChI is InChI=1S/C32H29ClFN7O3/c1-40(20-14-15-41(17-20)25(42)13-12-24-36-30(39-44-24)19-8-3-9-19)31-22-16-35-28(27(34)29(22)37-32(38-31)43-2)21-10-4-6-18-7-5-11-23(33)26(18)21/h4-7,10-13,16,19-20H,3,8-9,14-15,17H2,1-2H3/b13-12+. The van der Waals surface area contributed by atoms with E-state index in [1.807, 2.05) is 36.2 Å². The normalized spacial score (nSPS) is 17.1. The first kappa shape index (κ1) is 28.1. The van der Waals surface area contributed by atoms with Gasteiger partial charge in [0.25, 0.3) is 5.89 Å². The number of halogens is 2. The Hall–Kier alpha value is -4.64. The Bertz CT molecular complexity index is 1920. The van der Waals surface area contributed by atoms with Crippen molar-refractivity contribution in [3.05, 3.63) is 71.2 Å². The maximum Gasteiger partial charge on any atom is 0.318 e. The summed E-state index contributed by atoms with van der Waals surface area (Å²) in [6.07, 6.45) is 8.62. The molecule has 10 nitrogen and oxygen atoms in total. The van der Waals surface area contributed by atoms with Crippen LogP contribution >= 0.6 is 11.6 Å². The van der Waals surface area contributed by atoms with Crippen LogP contribution < -0.4 is 9.64 Å². The summed E-state index contributed by atoms with van der Waals surface area (Å²) < 4.78 is 26.9. The van der Waals surface area contributed by atoms with Gasteiger partial charge in [-0.1, -0.05) is 53.5 Å². The molecule has 1 atom stereocenters. The quantitative estimate of drug-likeness (QED) is 0.203. The second-order valence-electron chi connectivity index (χ2n) is 11.2. The summed E-state index contributed by atoms with van der Waals surface area (Å²) in [7, 11) is 3.31. The van der Waals surface area contributed by atoms with E-state index in [1.165, 1.54) is 19.6 Å². The monoisotopic (exact) mass is 613 g/mol. The predicted octanol–water partition coefficient (Wildman–Crippen LogP) is 6.05. The Morgan fingerprint density at radius 3 is 2.75 bits per heavy atom. The topological polar surface area (TPSA) is 110 Å². The smallest absolute Gasteiger partial charge is 0.318 e. The first-order valence-electron chi connectivity index (χ1n) is 14.5. The van der Waals surface area contributed by atoms with E-state index in [4.69, 9.17) is 20.9 Å². The van der Waals surface area contributed by atoms with E-state index in [0.717, 1.165) is 18.2 Å². The maximum atomic E-state index is 16.3. The maximum absolute atomic E-state index is 16.3. The highest BCUT2D eigenvalue weighted by atomic mass is 35.5. The lowest BCUT2D eigenvalue weighted by atomic mass is 9.85. The Morgan fingerprint density at radius 2 is 1.98 bits per heavy atom. The second-order valence-corrected chi connectivity index (χ2v) is 11.6. The molecule has 7 rings (SSSR count). The second kappa shape index (κ2) is 11.5. The molecule has 1 aliphatic carbocycles. The van der Waals surface area contributed by atoms with Crippen LogP contribution in [0.15, 0.2) is 53.2 Å². The Labute approximate surface area is 257 Å². The van der Waals surface area contributed by atoms with Crippen LogP contribution in [0.4, 0.5) is 10.2 Å². The van der Waals surface area contributed by atoms with Crippen LogP contribution in [0.3, 0.4) is 0 Å². The molecule has 0 spiro atoms. The van der Waals surface area contributed by atoms with Gasteiger partial charge in [0.1, 0.15) is 17.0 Å². The zero-order chi connectivity index (χ0) is 30.4. The molecule has 12 heteroatoms. The van der Waals surface area contributed by atoms with E-state index in [2.05, 4.69) is 25.1 Å². The fraction of sp³-hybridized carbons (Fsp3) is 0.312. The third-order valence-corrected chi connectivity index (χ3v) is 8.90. The summed E-state index contributed by atoms with van der Waals surface area (Å²) in [5.74, 6) is 1.10. The van der Waals surface area contributed by atoms with Crippen LogP contribution in [0, 0.1) is 5.82 Å². The van der Waals surface area contributed by atoms with Gasteiger partial charge in [-0.15, -0.1) is 0 Å². The zero-order valence-electron chi connectivity index (χ0n) is 24.2. The van der Waals surface area contributed by atoms with Gasteiger partial charge in [0.05, 0.1) is 12.5 Å². The molecular weight excluding hydrogens is 585 g/mol. The fourth-order valence-corrected chi connectivity index (χ4v) is 6.17. The molecule has 2 aliphatic rings. The van der Waals surface area contributed by atoms with Crippen LogP contribution in [0.1, 0.15) is 43.3 Å². The van der Waals surface area contributed by atoms with Crippen molar-refractivity contribution in [2.24, 2.45) is 0 Å². The SMILES string of the molecule is COc1nc(N(C)C2CCN(C(=O)/C=C/c3nc(C4CCC4)no3)C2)c2cnc(-c3cccc4cccc(Cl)c34)c(F)c2n1. The molecule has 44 heavy (non-hydrogen) atoms. The van der Waals surface area contributed by atoms with Gasteiger partial charge in [-0.05, 0) is 30.7 Å². The Balaban J connectivity index is 1.15. The number of likely N-dealkylation sites (tertiary alicyclic amines) is 1. The Kier molecular flexibility index (Phi) is 7.33. The highest BCUT2D eigenvalue weighted by molar-refractivity contribution is 6.36. The number of amides is 1. The molecule has 0 bridgehead atoms. The molecule has 224 valence electrons. The number of anilines is 1. The minimum atomic E-state index is -0.597. The molecule has 1 aliphatic heterocycles. The predicted molar refractivity (Wildman–Crippen MR) is 165 cm³/mol. The molecule has 5 aromatic rings. The number of methoxy groups -OCH3 is 1. The van der Waals surface area contributed by atoms with Gasteiger partial charge in [0.15, 0.2) is 11.6 Å². The van der Waals surface area contributed by atoms with E-state index in [-0.39, 0.29) is 29.2 Å². The van der Waals surface area contributed by atoms with E-state index >= 15 is 4.39 Å². The summed E-state index contributed by atoms with van der Waals surface area (Å²) in [4.78, 5) is 34.5. The van der Waals surface area contributed by atoms with Crippen LogP contribution in [-0.4, -0.2) is 69.2 Å². The van der Waals surface area contributed by atoms with Gasteiger partial charge in [-0.2, -0.15) is 15.0 Å². The number of nitrogens with zero attached hydrogens (tertiary/aromatic N) is 7. The lowest BCUT2D eigenvalue weighted by Gasteiger charge is -2.27. The van der Waals surface area contributed by atoms with Gasteiger partial charge >= 0.3 is 6.01 Å². The molecule has 1 saturated carbocycles. The Morgan fingerprint density at radius 1 is 1.16 bits per heavy atom. The number of carbonyl (C=O) groups excluding carboxylic acids is 1. The van der Waals surface area contributed by atoms with Gasteiger partial charge < -0.3 is 19.1 Å². The number of rotatable bonds is 7. The molecule has 0 N–H and O–H groups in total. The molecular formula is C32H29ClFN7O3. The van der Waals surface area contributed by atoms with Crippen molar-refractivity contribution in [3.8, 4) is 17.3 Å². The van der Waals surface area contributed by atoms with Crippen molar-refractivity contribution in [2.75, 3.05) is 32.1 Å². The number of hydrogen-bond donors (Lipinski definition) is 0. The van der Waals surface area contributed by atoms with E-state index < -0.39 is 5.82 Å². The number of hydrogen-bond acceptors (Lipinski definition) is 9. The molecule has 2 aromatic carbocycles. The van der Waals surface area contributed by atoms with Crippen molar-refractivity contribution in [1.29, 1.82) is 0 Å². The molecule has 1 unspecified atom stereocenters. The van der Waals surface area contributed by atoms with Crippen molar-refractivity contribution in [2.45, 2.75) is 37.6 Å². The number of benzene rings is 2. The molecule has 0 radical (unpaired) electrons. The zero-order valence-corrected chi connectivity index (χ0v) is 25.0. The van der Waals surface area contributed by atoms with Crippen LogP contribution in [0.5, 0.6) is 6.01 Å². The molecule has 3 aromatic heterocycles. The number of ether oxygens (including phenoxy) is 1. The third-order valence-electron chi connectivity index (χ3n) is 8.59. The average Bonchev–Trinajstić information content (AvgIpc) is 3.69.